The molecule has 19 heteroatoms. The summed E-state index contributed by atoms with van der Waals surface area (Å²) in [5.74, 6) is -10.1. The summed E-state index contributed by atoms with van der Waals surface area (Å²) in [4.78, 5) is 25.0. The van der Waals surface area contributed by atoms with Crippen LogP contribution < -0.4 is 11.2 Å². The van der Waals surface area contributed by atoms with Gasteiger partial charge in [-0.2, -0.15) is 43.9 Å². The number of hydrogen-bond acceptors (Lipinski definition) is 7. The van der Waals surface area contributed by atoms with Crippen LogP contribution in [0.15, 0.2) is 15.8 Å². The van der Waals surface area contributed by atoms with E-state index in [2.05, 4.69) is 22.9 Å². The van der Waals surface area contributed by atoms with Crippen LogP contribution in [0.3, 0.4) is 0 Å². The van der Waals surface area contributed by atoms with E-state index >= 15 is 0 Å². The fourth-order valence-corrected chi connectivity index (χ4v) is 3.02. The number of thiocarbonyl (C=S) groups is 1. The molecule has 2 rings (SSSR count). The first kappa shape index (κ1) is 30.4. The van der Waals surface area contributed by atoms with Crippen LogP contribution in [0.1, 0.15) is 18.2 Å². The van der Waals surface area contributed by atoms with E-state index < -0.39 is 77.9 Å². The third kappa shape index (κ3) is 6.93. The van der Waals surface area contributed by atoms with Crippen molar-refractivity contribution in [2.45, 2.75) is 49.1 Å². The Morgan fingerprint density at radius 2 is 1.76 bits per heavy atom. The highest BCUT2D eigenvalue weighted by Gasteiger charge is 2.73. The molecular formula is C18H14F10N2O6S. The second kappa shape index (κ2) is 10.9. The summed E-state index contributed by atoms with van der Waals surface area (Å²) < 4.78 is 148. The van der Waals surface area contributed by atoms with E-state index in [0.29, 0.717) is 4.57 Å². The topological polar surface area (TPSA) is 91.8 Å². The normalized spacial score (nSPS) is 20.9. The van der Waals surface area contributed by atoms with E-state index in [9.17, 15) is 53.5 Å². The van der Waals surface area contributed by atoms with Crippen LogP contribution in [0.2, 0.25) is 0 Å². The van der Waals surface area contributed by atoms with Gasteiger partial charge in [-0.05, 0) is 0 Å². The summed E-state index contributed by atoms with van der Waals surface area (Å²) in [6, 6.07) is 0. The lowest BCUT2D eigenvalue weighted by Gasteiger charge is -2.28. The number of H-pyrrole nitrogens is 1. The third-order valence-corrected chi connectivity index (χ3v) is 4.93. The van der Waals surface area contributed by atoms with Gasteiger partial charge >= 0.3 is 35.1 Å². The molecule has 0 unspecified atom stereocenters. The van der Waals surface area contributed by atoms with Crippen LogP contribution in [0.5, 0.6) is 0 Å². The van der Waals surface area contributed by atoms with Gasteiger partial charge in [-0.25, -0.2) is 4.79 Å². The molecule has 0 aliphatic carbocycles. The number of alkyl halides is 10. The number of aromatic amines is 1. The molecular weight excluding hydrogens is 562 g/mol. The zero-order valence-electron chi connectivity index (χ0n) is 17.8. The summed E-state index contributed by atoms with van der Waals surface area (Å²) in [6.45, 7) is -3.71. The molecule has 0 bridgehead atoms. The minimum absolute atomic E-state index is 0.184. The van der Waals surface area contributed by atoms with E-state index in [0.717, 1.165) is 0 Å². The predicted molar refractivity (Wildman–Crippen MR) is 104 cm³/mol. The first-order valence-electron chi connectivity index (χ1n) is 9.57. The smallest absolute Gasteiger partial charge is 0.454 e. The van der Waals surface area contributed by atoms with Crippen molar-refractivity contribution in [3.63, 3.8) is 0 Å². The second-order valence-corrected chi connectivity index (χ2v) is 7.59. The molecule has 2 heterocycles. The molecule has 37 heavy (non-hydrogen) atoms. The van der Waals surface area contributed by atoms with E-state index in [1.807, 2.05) is 0 Å². The van der Waals surface area contributed by atoms with Gasteiger partial charge in [-0.3, -0.25) is 14.3 Å². The van der Waals surface area contributed by atoms with Gasteiger partial charge in [0.25, 0.3) is 5.56 Å². The van der Waals surface area contributed by atoms with Crippen molar-refractivity contribution in [3.8, 4) is 12.3 Å². The maximum absolute atomic E-state index is 13.3. The quantitative estimate of drug-likeness (QED) is 0.289. The van der Waals surface area contributed by atoms with Gasteiger partial charge in [0.2, 0.25) is 0 Å². The van der Waals surface area contributed by atoms with Crippen LogP contribution in [-0.4, -0.2) is 64.8 Å². The van der Waals surface area contributed by atoms with E-state index in [1.165, 1.54) is 4.98 Å². The fourth-order valence-electron chi connectivity index (χ4n) is 2.89. The monoisotopic (exact) mass is 576 g/mol. The summed E-state index contributed by atoms with van der Waals surface area (Å²) in [5.41, 5.74) is -4.75. The van der Waals surface area contributed by atoms with Crippen LogP contribution in [0, 0.1) is 12.3 Å². The Balaban J connectivity index is 2.12. The minimum Gasteiger partial charge on any atom is -0.454 e. The highest BCUT2D eigenvalue weighted by molar-refractivity contribution is 7.79. The lowest BCUT2D eigenvalue weighted by Crippen LogP contribution is -2.54. The minimum atomic E-state index is -6.59. The maximum atomic E-state index is 13.3. The van der Waals surface area contributed by atoms with Gasteiger partial charge in [0.1, 0.15) is 31.1 Å². The van der Waals surface area contributed by atoms with Gasteiger partial charge in [0, 0.05) is 24.8 Å². The molecule has 0 amide bonds. The number of nitrogens with one attached hydrogen (secondary N) is 1. The molecule has 1 N–H and O–H groups in total. The summed E-state index contributed by atoms with van der Waals surface area (Å²) in [6.07, 6.45) is -10.8. The van der Waals surface area contributed by atoms with Crippen molar-refractivity contribution in [1.29, 1.82) is 0 Å². The number of nitrogens with zero attached hydrogens (tertiary/aromatic N) is 1. The Bertz CT molecular complexity index is 1140. The van der Waals surface area contributed by atoms with Gasteiger partial charge in [0.05, 0.1) is 6.10 Å². The Kier molecular flexibility index (Phi) is 8.92. The highest BCUT2D eigenvalue weighted by atomic mass is 32.1. The number of halogens is 10. The molecule has 1 saturated heterocycles. The van der Waals surface area contributed by atoms with Crippen molar-refractivity contribution < 1.29 is 62.9 Å². The third-order valence-electron chi connectivity index (χ3n) is 4.70. The number of terminal acetylenes is 1. The first-order valence-corrected chi connectivity index (χ1v) is 9.97. The highest BCUT2D eigenvalue weighted by Crippen LogP contribution is 2.46. The van der Waals surface area contributed by atoms with Crippen LogP contribution in [0.25, 0.3) is 0 Å². The van der Waals surface area contributed by atoms with Gasteiger partial charge in [-0.15, -0.1) is 6.42 Å². The van der Waals surface area contributed by atoms with Crippen LogP contribution >= 0.6 is 12.2 Å². The predicted octanol–water partition coefficient (Wildman–Crippen LogP) is 3.01. The average Bonchev–Trinajstić information content (AvgIpc) is 3.15. The molecule has 3 atom stereocenters. The lowest BCUT2D eigenvalue weighted by atomic mass is 10.2. The van der Waals surface area contributed by atoms with Gasteiger partial charge in [-0.1, -0.05) is 5.92 Å². The molecule has 1 aliphatic rings. The van der Waals surface area contributed by atoms with Crippen LogP contribution in [-0.2, 0) is 25.1 Å². The Labute approximate surface area is 204 Å². The number of hydrogen-bond donors (Lipinski definition) is 1. The molecule has 0 saturated carbocycles. The summed E-state index contributed by atoms with van der Waals surface area (Å²) in [5, 5.41) is -1.30. The van der Waals surface area contributed by atoms with Crippen molar-refractivity contribution >= 4 is 17.5 Å². The van der Waals surface area contributed by atoms with Crippen molar-refractivity contribution in [1.82, 2.24) is 9.55 Å². The lowest BCUT2D eigenvalue weighted by molar-refractivity contribution is -0.359. The Hall–Kier alpha value is -2.85. The number of ether oxygens (including phenoxy) is 4. The molecule has 0 aromatic carbocycles. The second-order valence-electron chi connectivity index (χ2n) is 7.25. The number of aromatic nitrogens is 2. The van der Waals surface area contributed by atoms with Gasteiger partial charge < -0.3 is 18.9 Å². The van der Waals surface area contributed by atoms with Gasteiger partial charge in [0.15, 0.2) is 6.61 Å². The molecule has 0 radical (unpaired) electrons. The first-order chi connectivity index (χ1) is 16.8. The van der Waals surface area contributed by atoms with Crippen molar-refractivity contribution in [2.75, 3.05) is 19.8 Å². The van der Waals surface area contributed by atoms with Crippen molar-refractivity contribution in [2.24, 2.45) is 0 Å². The van der Waals surface area contributed by atoms with Crippen LogP contribution in [0.4, 0.5) is 43.9 Å². The summed E-state index contributed by atoms with van der Waals surface area (Å²) in [7, 11) is 0. The molecule has 0 spiro atoms. The standard InChI is InChI=1S/C18H14F10N2O6S/c1-2-3-33-9-4-11(30-5-8(16(21,22)23)12(31)29-13(30)32)36-10(9)6-34-14(37)35-7-15(19,20)17(24,25)18(26,27)28/h1,5,9-11H,3-4,6-7H2,(H,29,31,32)/t9-,10+,11+/m0/s1. The van der Waals surface area contributed by atoms with E-state index in [-0.39, 0.29) is 19.2 Å². The average molecular weight is 576 g/mol. The van der Waals surface area contributed by atoms with Crippen molar-refractivity contribution in [3.05, 3.63) is 32.6 Å². The molecule has 208 valence electrons. The zero-order valence-corrected chi connectivity index (χ0v) is 18.6. The van der Waals surface area contributed by atoms with E-state index in [4.69, 9.17) is 20.6 Å². The maximum Gasteiger partial charge on any atom is 0.460 e. The SMILES string of the molecule is C#CCO[C@H]1C[C@H](n2cc(C(F)(F)F)c(=O)[nH]c2=O)O[C@@H]1COC(=S)OCC(F)(F)C(F)(F)C(F)(F)F. The molecule has 8 nitrogen and oxygen atoms in total. The summed E-state index contributed by atoms with van der Waals surface area (Å²) >= 11 is 4.36. The Morgan fingerprint density at radius 1 is 1.14 bits per heavy atom. The molecule has 1 fully saturated rings. The molecule has 1 aromatic rings. The largest absolute Gasteiger partial charge is 0.460 e. The fraction of sp³-hybridized carbons (Fsp3) is 0.611. The number of rotatable bonds is 8. The molecule has 1 aromatic heterocycles. The molecule has 1 aliphatic heterocycles. The Morgan fingerprint density at radius 3 is 2.30 bits per heavy atom. The van der Waals surface area contributed by atoms with E-state index in [1.54, 1.807) is 0 Å². The zero-order chi connectivity index (χ0) is 28.4.